The van der Waals surface area contributed by atoms with Crippen molar-refractivity contribution in [1.82, 2.24) is 15.5 Å². The number of hydrogen-bond acceptors (Lipinski definition) is 3. The van der Waals surface area contributed by atoms with Crippen molar-refractivity contribution in [2.45, 2.75) is 45.2 Å². The first-order valence-corrected chi connectivity index (χ1v) is 6.27. The first-order chi connectivity index (χ1) is 8.77. The van der Waals surface area contributed by atoms with Crippen LogP contribution in [0.3, 0.4) is 0 Å². The smallest absolute Gasteiger partial charge is 0.315 e. The summed E-state index contributed by atoms with van der Waals surface area (Å²) in [4.78, 5) is 35.3. The molecule has 0 rings (SSSR count). The van der Waals surface area contributed by atoms with E-state index < -0.39 is 24.1 Å². The molecule has 2 atom stereocenters. The van der Waals surface area contributed by atoms with E-state index in [1.54, 1.807) is 21.0 Å². The summed E-state index contributed by atoms with van der Waals surface area (Å²) >= 11 is 0. The topological polar surface area (TPSA) is 98.7 Å². The van der Waals surface area contributed by atoms with Crippen LogP contribution in [0.25, 0.3) is 0 Å². The number of aliphatic carboxylic acids is 1. The number of carbonyl (C=O) groups is 3. The molecule has 2 unspecified atom stereocenters. The number of nitrogens with zero attached hydrogens (tertiary/aromatic N) is 1. The highest BCUT2D eigenvalue weighted by atomic mass is 16.4. The maximum atomic E-state index is 11.7. The first-order valence-electron chi connectivity index (χ1n) is 6.27. The van der Waals surface area contributed by atoms with Gasteiger partial charge in [-0.15, -0.1) is 0 Å². The van der Waals surface area contributed by atoms with Crippen LogP contribution in [0, 0.1) is 0 Å². The molecule has 0 bridgehead atoms. The Morgan fingerprint density at radius 2 is 1.79 bits per heavy atom. The van der Waals surface area contributed by atoms with Crippen molar-refractivity contribution in [3.05, 3.63) is 0 Å². The molecule has 0 saturated carbocycles. The van der Waals surface area contributed by atoms with E-state index in [9.17, 15) is 14.4 Å². The van der Waals surface area contributed by atoms with Crippen LogP contribution in [-0.2, 0) is 9.59 Å². The van der Waals surface area contributed by atoms with E-state index in [1.165, 1.54) is 4.90 Å². The Kier molecular flexibility index (Phi) is 7.55. The lowest BCUT2D eigenvalue weighted by Gasteiger charge is -2.21. The average Bonchev–Trinajstić information content (AvgIpc) is 2.26. The summed E-state index contributed by atoms with van der Waals surface area (Å²) in [6, 6.07) is -1.60. The van der Waals surface area contributed by atoms with E-state index in [0.717, 1.165) is 6.42 Å². The zero-order valence-electron chi connectivity index (χ0n) is 11.9. The standard InChI is InChI=1S/C12H23N3O4/c1-5-6-9(7-10(16)17)14-12(19)13-8(2)11(18)15(3)4/h8-9H,5-7H2,1-4H3,(H,16,17)(H2,13,14,19). The van der Waals surface area contributed by atoms with Crippen LogP contribution in [0.1, 0.15) is 33.1 Å². The minimum absolute atomic E-state index is 0.128. The molecule has 7 heteroatoms. The van der Waals surface area contributed by atoms with Gasteiger partial charge in [-0.3, -0.25) is 9.59 Å². The highest BCUT2D eigenvalue weighted by molar-refractivity contribution is 5.86. The maximum Gasteiger partial charge on any atom is 0.315 e. The van der Waals surface area contributed by atoms with Crippen molar-refractivity contribution < 1.29 is 19.5 Å². The predicted octanol–water partition coefficient (Wildman–Crippen LogP) is 0.406. The van der Waals surface area contributed by atoms with Gasteiger partial charge >= 0.3 is 12.0 Å². The number of nitrogens with one attached hydrogen (secondary N) is 2. The minimum Gasteiger partial charge on any atom is -0.481 e. The molecule has 0 aromatic carbocycles. The van der Waals surface area contributed by atoms with Crippen LogP contribution in [0.2, 0.25) is 0 Å². The van der Waals surface area contributed by atoms with Crippen molar-refractivity contribution in [3.8, 4) is 0 Å². The van der Waals surface area contributed by atoms with Crippen LogP contribution >= 0.6 is 0 Å². The largest absolute Gasteiger partial charge is 0.481 e. The molecule has 0 aromatic rings. The van der Waals surface area contributed by atoms with Crippen molar-refractivity contribution in [1.29, 1.82) is 0 Å². The number of carboxylic acids is 1. The van der Waals surface area contributed by atoms with E-state index >= 15 is 0 Å². The SMILES string of the molecule is CCCC(CC(=O)O)NC(=O)NC(C)C(=O)N(C)C. The molecule has 0 radical (unpaired) electrons. The van der Waals surface area contributed by atoms with Gasteiger partial charge in [-0.25, -0.2) is 4.79 Å². The maximum absolute atomic E-state index is 11.7. The minimum atomic E-state index is -0.962. The molecule has 3 amide bonds. The Bertz CT molecular complexity index is 331. The fourth-order valence-electron chi connectivity index (χ4n) is 1.66. The summed E-state index contributed by atoms with van der Waals surface area (Å²) in [6.45, 7) is 3.49. The quantitative estimate of drug-likeness (QED) is 0.625. The van der Waals surface area contributed by atoms with Crippen molar-refractivity contribution in [2.75, 3.05) is 14.1 Å². The molecular formula is C12H23N3O4. The molecule has 0 aromatic heterocycles. The van der Waals surface area contributed by atoms with Gasteiger partial charge < -0.3 is 20.6 Å². The average molecular weight is 273 g/mol. The molecule has 3 N–H and O–H groups in total. The normalized spacial score (nSPS) is 13.3. The number of carbonyl (C=O) groups excluding carboxylic acids is 2. The number of amides is 3. The lowest BCUT2D eigenvalue weighted by molar-refractivity contribution is -0.137. The van der Waals surface area contributed by atoms with Gasteiger partial charge in [-0.1, -0.05) is 13.3 Å². The molecule has 0 aliphatic rings. The molecule has 0 aliphatic heterocycles. The fraction of sp³-hybridized carbons (Fsp3) is 0.750. The number of rotatable bonds is 7. The molecule has 0 fully saturated rings. The summed E-state index contributed by atoms with van der Waals surface area (Å²) < 4.78 is 0. The van der Waals surface area contributed by atoms with E-state index in [-0.39, 0.29) is 12.3 Å². The monoisotopic (exact) mass is 273 g/mol. The highest BCUT2D eigenvalue weighted by Crippen LogP contribution is 2.02. The summed E-state index contributed by atoms with van der Waals surface area (Å²) in [6.07, 6.45) is 1.22. The van der Waals surface area contributed by atoms with Gasteiger partial charge in [0.2, 0.25) is 5.91 Å². The van der Waals surface area contributed by atoms with E-state index in [1.807, 2.05) is 6.92 Å². The van der Waals surface area contributed by atoms with Crippen LogP contribution in [0.4, 0.5) is 4.79 Å². The molecule has 7 nitrogen and oxygen atoms in total. The van der Waals surface area contributed by atoms with Crippen LogP contribution < -0.4 is 10.6 Å². The zero-order valence-corrected chi connectivity index (χ0v) is 11.9. The molecule has 0 saturated heterocycles. The van der Waals surface area contributed by atoms with Gasteiger partial charge in [0, 0.05) is 20.1 Å². The van der Waals surface area contributed by atoms with Crippen LogP contribution in [-0.4, -0.2) is 54.1 Å². The lowest BCUT2D eigenvalue weighted by atomic mass is 10.1. The third-order valence-electron chi connectivity index (χ3n) is 2.55. The Hall–Kier alpha value is -1.79. The van der Waals surface area contributed by atoms with Gasteiger partial charge in [0.25, 0.3) is 0 Å². The second-order valence-corrected chi connectivity index (χ2v) is 4.66. The fourth-order valence-corrected chi connectivity index (χ4v) is 1.66. The number of likely N-dealkylation sites (N-methyl/N-ethyl adjacent to an activating group) is 1. The van der Waals surface area contributed by atoms with E-state index in [0.29, 0.717) is 6.42 Å². The molecule has 0 heterocycles. The van der Waals surface area contributed by atoms with Gasteiger partial charge in [-0.2, -0.15) is 0 Å². The molecular weight excluding hydrogens is 250 g/mol. The summed E-state index contributed by atoms with van der Waals surface area (Å²) in [7, 11) is 3.20. The molecule has 0 aliphatic carbocycles. The highest BCUT2D eigenvalue weighted by Gasteiger charge is 2.20. The van der Waals surface area contributed by atoms with Crippen molar-refractivity contribution >= 4 is 17.9 Å². The van der Waals surface area contributed by atoms with Gasteiger partial charge in [0.15, 0.2) is 0 Å². The second-order valence-electron chi connectivity index (χ2n) is 4.66. The Labute approximate surface area is 113 Å². The summed E-state index contributed by atoms with van der Waals surface area (Å²) in [5.41, 5.74) is 0. The molecule has 0 spiro atoms. The van der Waals surface area contributed by atoms with Crippen LogP contribution in [0.5, 0.6) is 0 Å². The third kappa shape index (κ3) is 7.28. The van der Waals surface area contributed by atoms with Crippen molar-refractivity contribution in [3.63, 3.8) is 0 Å². The second kappa shape index (κ2) is 8.34. The van der Waals surface area contributed by atoms with Gasteiger partial charge in [-0.05, 0) is 13.3 Å². The van der Waals surface area contributed by atoms with Crippen molar-refractivity contribution in [2.24, 2.45) is 0 Å². The predicted molar refractivity (Wildman–Crippen MR) is 70.8 cm³/mol. The molecule has 19 heavy (non-hydrogen) atoms. The number of carboxylic acid groups (broad SMARTS) is 1. The van der Waals surface area contributed by atoms with Gasteiger partial charge in [0.1, 0.15) is 6.04 Å². The number of urea groups is 1. The van der Waals surface area contributed by atoms with E-state index in [2.05, 4.69) is 10.6 Å². The summed E-state index contributed by atoms with van der Waals surface area (Å²) in [5, 5.41) is 13.8. The summed E-state index contributed by atoms with van der Waals surface area (Å²) in [5.74, 6) is -1.18. The molecule has 110 valence electrons. The Balaban J connectivity index is 4.33. The van der Waals surface area contributed by atoms with Gasteiger partial charge in [0.05, 0.1) is 6.42 Å². The number of hydrogen-bond donors (Lipinski definition) is 3. The Morgan fingerprint density at radius 1 is 1.21 bits per heavy atom. The van der Waals surface area contributed by atoms with Crippen LogP contribution in [0.15, 0.2) is 0 Å². The lowest BCUT2D eigenvalue weighted by Crippen LogP contribution is -2.50. The first kappa shape index (κ1) is 17.2. The van der Waals surface area contributed by atoms with E-state index in [4.69, 9.17) is 5.11 Å². The third-order valence-corrected chi connectivity index (χ3v) is 2.55. The Morgan fingerprint density at radius 3 is 2.21 bits per heavy atom. The zero-order chi connectivity index (χ0) is 15.0.